The van der Waals surface area contributed by atoms with Crippen molar-refractivity contribution in [2.75, 3.05) is 25.3 Å². The van der Waals surface area contributed by atoms with Gasteiger partial charge in [-0.15, -0.1) is 28.1 Å². The van der Waals surface area contributed by atoms with E-state index in [9.17, 15) is 14.0 Å². The van der Waals surface area contributed by atoms with Gasteiger partial charge in [-0.2, -0.15) is 0 Å². The fourth-order valence-corrected chi connectivity index (χ4v) is 5.33. The van der Waals surface area contributed by atoms with Crippen molar-refractivity contribution in [2.24, 2.45) is 0 Å². The molecule has 4 aromatic rings. The Hall–Kier alpha value is -3.96. The van der Waals surface area contributed by atoms with E-state index in [1.54, 1.807) is 30.7 Å². The molecular formula is C26H23FN4O4S2. The van der Waals surface area contributed by atoms with Crippen LogP contribution in [0.1, 0.15) is 10.4 Å². The van der Waals surface area contributed by atoms with Gasteiger partial charge in [0.15, 0.2) is 11.0 Å². The summed E-state index contributed by atoms with van der Waals surface area (Å²) >= 11 is 2.39. The molecule has 0 bridgehead atoms. The molecule has 0 unspecified atom stereocenters. The minimum atomic E-state index is -0.601. The lowest BCUT2D eigenvalue weighted by molar-refractivity contribution is -0.113. The fraction of sp³-hybridized carbons (Fsp3) is 0.154. The van der Waals surface area contributed by atoms with Crippen molar-refractivity contribution in [3.63, 3.8) is 0 Å². The van der Waals surface area contributed by atoms with Crippen LogP contribution in [0.2, 0.25) is 0 Å². The zero-order valence-corrected chi connectivity index (χ0v) is 21.7. The Labute approximate surface area is 221 Å². The lowest BCUT2D eigenvalue weighted by atomic mass is 10.0. The topological polar surface area (TPSA) is 95.3 Å². The summed E-state index contributed by atoms with van der Waals surface area (Å²) < 4.78 is 25.6. The number of thiophene rings is 1. The maximum absolute atomic E-state index is 13.4. The molecule has 2 heterocycles. The predicted octanol–water partition coefficient (Wildman–Crippen LogP) is 5.52. The maximum Gasteiger partial charge on any atom is 0.341 e. The molecular weight excluding hydrogens is 515 g/mol. The number of methoxy groups -OCH3 is 2. The average Bonchev–Trinajstić information content (AvgIpc) is 3.51. The number of rotatable bonds is 10. The summed E-state index contributed by atoms with van der Waals surface area (Å²) in [5.41, 5.74) is 2.16. The molecule has 0 spiro atoms. The third-order valence-corrected chi connectivity index (χ3v) is 7.16. The van der Waals surface area contributed by atoms with Crippen LogP contribution >= 0.6 is 23.1 Å². The van der Waals surface area contributed by atoms with E-state index in [0.717, 1.165) is 5.56 Å². The summed E-state index contributed by atoms with van der Waals surface area (Å²) in [5.74, 6) is -0.0615. The van der Waals surface area contributed by atoms with E-state index in [1.807, 2.05) is 28.8 Å². The zero-order chi connectivity index (χ0) is 26.4. The molecule has 1 N–H and O–H groups in total. The van der Waals surface area contributed by atoms with Gasteiger partial charge in [-0.25, -0.2) is 9.18 Å². The monoisotopic (exact) mass is 538 g/mol. The van der Waals surface area contributed by atoms with Crippen molar-refractivity contribution in [1.82, 2.24) is 14.8 Å². The number of ether oxygens (including phenoxy) is 2. The van der Waals surface area contributed by atoms with Gasteiger partial charge in [0.1, 0.15) is 22.1 Å². The molecule has 4 rings (SSSR count). The summed E-state index contributed by atoms with van der Waals surface area (Å²) in [4.78, 5) is 25.4. The molecule has 0 saturated heterocycles. The fourth-order valence-electron chi connectivity index (χ4n) is 3.61. The molecule has 2 aromatic heterocycles. The van der Waals surface area contributed by atoms with Gasteiger partial charge in [0.05, 0.1) is 25.5 Å². The first-order chi connectivity index (χ1) is 18.0. The number of hydrogen-bond acceptors (Lipinski definition) is 8. The van der Waals surface area contributed by atoms with Crippen molar-refractivity contribution >= 4 is 40.0 Å². The Morgan fingerprint density at radius 2 is 1.89 bits per heavy atom. The standard InChI is InChI=1S/C26H23FN4O4S2/c1-4-13-31-23(18-7-5-6-8-20(18)34-2)29-30-26(31)37-15-21(32)28-24-22(25(33)35-3)19(14-36-24)16-9-11-17(27)12-10-16/h4-12,14H,1,13,15H2,2-3H3,(H,28,32). The molecule has 0 aliphatic carbocycles. The molecule has 37 heavy (non-hydrogen) atoms. The van der Waals surface area contributed by atoms with Gasteiger partial charge in [-0.05, 0) is 29.8 Å². The van der Waals surface area contributed by atoms with Crippen LogP contribution in [0.15, 0.2) is 71.7 Å². The van der Waals surface area contributed by atoms with Crippen LogP contribution in [-0.2, 0) is 16.1 Å². The number of aromatic nitrogens is 3. The minimum Gasteiger partial charge on any atom is -0.496 e. The number of allylic oxidation sites excluding steroid dienone is 1. The lowest BCUT2D eigenvalue weighted by Crippen LogP contribution is -2.16. The highest BCUT2D eigenvalue weighted by atomic mass is 32.2. The van der Waals surface area contributed by atoms with E-state index in [4.69, 9.17) is 9.47 Å². The van der Waals surface area contributed by atoms with E-state index >= 15 is 0 Å². The van der Waals surface area contributed by atoms with Gasteiger partial charge < -0.3 is 14.8 Å². The van der Waals surface area contributed by atoms with Gasteiger partial charge in [0, 0.05) is 17.5 Å². The quantitative estimate of drug-likeness (QED) is 0.161. The van der Waals surface area contributed by atoms with Crippen LogP contribution < -0.4 is 10.1 Å². The van der Waals surface area contributed by atoms with Crippen LogP contribution in [-0.4, -0.2) is 46.6 Å². The van der Waals surface area contributed by atoms with Gasteiger partial charge in [-0.1, -0.05) is 42.1 Å². The average molecular weight is 539 g/mol. The second-order valence-corrected chi connectivity index (χ2v) is 9.42. The molecule has 1 amide bonds. The Morgan fingerprint density at radius 1 is 1.14 bits per heavy atom. The second kappa shape index (κ2) is 11.8. The first-order valence-corrected chi connectivity index (χ1v) is 12.9. The molecule has 2 aromatic carbocycles. The SMILES string of the molecule is C=CCn1c(SCC(=O)Nc2scc(-c3ccc(F)cc3)c2C(=O)OC)nnc1-c1ccccc1OC. The second-order valence-electron chi connectivity index (χ2n) is 7.59. The Kier molecular flexibility index (Phi) is 8.36. The van der Waals surface area contributed by atoms with E-state index in [2.05, 4.69) is 22.1 Å². The number of nitrogens with one attached hydrogen (secondary N) is 1. The van der Waals surface area contributed by atoms with Crippen LogP contribution in [0.25, 0.3) is 22.5 Å². The van der Waals surface area contributed by atoms with Crippen LogP contribution in [0.4, 0.5) is 9.39 Å². The number of carbonyl (C=O) groups excluding carboxylic acids is 2. The van der Waals surface area contributed by atoms with E-state index in [0.29, 0.717) is 39.4 Å². The van der Waals surface area contributed by atoms with Crippen molar-refractivity contribution < 1.29 is 23.5 Å². The van der Waals surface area contributed by atoms with Gasteiger partial charge in [0.2, 0.25) is 5.91 Å². The lowest BCUT2D eigenvalue weighted by Gasteiger charge is -2.11. The van der Waals surface area contributed by atoms with Crippen LogP contribution in [0, 0.1) is 5.82 Å². The highest BCUT2D eigenvalue weighted by Crippen LogP contribution is 2.37. The van der Waals surface area contributed by atoms with Crippen molar-refractivity contribution in [3.8, 4) is 28.3 Å². The van der Waals surface area contributed by atoms with E-state index < -0.39 is 5.97 Å². The highest BCUT2D eigenvalue weighted by molar-refractivity contribution is 7.99. The molecule has 0 aliphatic heterocycles. The van der Waals surface area contributed by atoms with Gasteiger partial charge in [-0.3, -0.25) is 9.36 Å². The summed E-state index contributed by atoms with van der Waals surface area (Å²) in [6.07, 6.45) is 1.72. The zero-order valence-electron chi connectivity index (χ0n) is 20.1. The Bertz CT molecular complexity index is 1430. The molecule has 0 saturated carbocycles. The number of carbonyl (C=O) groups is 2. The number of halogens is 1. The summed E-state index contributed by atoms with van der Waals surface area (Å²) in [5, 5.41) is 14.0. The number of nitrogens with zero attached hydrogens (tertiary/aromatic N) is 3. The first-order valence-electron chi connectivity index (χ1n) is 11.0. The molecule has 0 radical (unpaired) electrons. The molecule has 190 valence electrons. The third kappa shape index (κ3) is 5.73. The number of para-hydroxylation sites is 1. The van der Waals surface area contributed by atoms with Crippen molar-refractivity contribution in [1.29, 1.82) is 0 Å². The first kappa shape index (κ1) is 26.1. The minimum absolute atomic E-state index is 0.0194. The number of esters is 1. The number of hydrogen-bond donors (Lipinski definition) is 1. The van der Waals surface area contributed by atoms with Crippen molar-refractivity contribution in [3.05, 3.63) is 77.9 Å². The molecule has 8 nitrogen and oxygen atoms in total. The van der Waals surface area contributed by atoms with Crippen LogP contribution in [0.3, 0.4) is 0 Å². The highest BCUT2D eigenvalue weighted by Gasteiger charge is 2.23. The predicted molar refractivity (Wildman–Crippen MR) is 143 cm³/mol. The van der Waals surface area contributed by atoms with E-state index in [1.165, 1.54) is 42.3 Å². The third-order valence-electron chi connectivity index (χ3n) is 5.30. The molecule has 0 fully saturated rings. The molecule has 0 aliphatic rings. The smallest absolute Gasteiger partial charge is 0.341 e. The number of thioether (sulfide) groups is 1. The summed E-state index contributed by atoms with van der Waals surface area (Å²) in [6, 6.07) is 13.2. The normalized spacial score (nSPS) is 10.7. The van der Waals surface area contributed by atoms with E-state index in [-0.39, 0.29) is 23.0 Å². The Morgan fingerprint density at radius 3 is 2.59 bits per heavy atom. The van der Waals surface area contributed by atoms with Crippen LogP contribution in [0.5, 0.6) is 5.75 Å². The largest absolute Gasteiger partial charge is 0.496 e. The van der Waals surface area contributed by atoms with Gasteiger partial charge in [0.25, 0.3) is 0 Å². The van der Waals surface area contributed by atoms with Crippen molar-refractivity contribution in [2.45, 2.75) is 11.7 Å². The number of amides is 1. The number of anilines is 1. The maximum atomic E-state index is 13.4. The summed E-state index contributed by atoms with van der Waals surface area (Å²) in [7, 11) is 2.85. The van der Waals surface area contributed by atoms with Gasteiger partial charge >= 0.3 is 5.97 Å². The number of benzene rings is 2. The Balaban J connectivity index is 1.53. The molecule has 11 heteroatoms. The molecule has 0 atom stereocenters. The summed E-state index contributed by atoms with van der Waals surface area (Å²) in [6.45, 7) is 4.25.